The van der Waals surface area contributed by atoms with E-state index < -0.39 is 0 Å². The van der Waals surface area contributed by atoms with Crippen LogP contribution >= 0.6 is 0 Å². The van der Waals surface area contributed by atoms with Crippen molar-refractivity contribution in [3.05, 3.63) is 29.3 Å². The molecule has 0 spiro atoms. The van der Waals surface area contributed by atoms with Crippen LogP contribution in [0.1, 0.15) is 26.3 Å². The average Bonchev–Trinajstić information content (AvgIpc) is 2.39. The number of benzene rings is 1. The zero-order valence-corrected chi connectivity index (χ0v) is 11.9. The van der Waals surface area contributed by atoms with E-state index in [0.29, 0.717) is 12.6 Å². The molecule has 0 aliphatic rings. The Morgan fingerprint density at radius 2 is 2.11 bits per heavy atom. The van der Waals surface area contributed by atoms with Gasteiger partial charge in [0.25, 0.3) is 0 Å². The molecular formula is C15H23NO2. The van der Waals surface area contributed by atoms with Crippen LogP contribution in [0.3, 0.4) is 0 Å². The van der Waals surface area contributed by atoms with Crippen LogP contribution in [0.2, 0.25) is 0 Å². The van der Waals surface area contributed by atoms with Crippen molar-refractivity contribution in [1.29, 1.82) is 0 Å². The fourth-order valence-electron chi connectivity index (χ4n) is 1.66. The minimum Gasteiger partial charge on any atom is -0.493 e. The number of methoxy groups -OCH3 is 1. The summed E-state index contributed by atoms with van der Waals surface area (Å²) < 4.78 is 10.8. The van der Waals surface area contributed by atoms with Crippen molar-refractivity contribution in [3.63, 3.8) is 0 Å². The fraction of sp³-hybridized carbons (Fsp3) is 0.467. The second-order valence-corrected chi connectivity index (χ2v) is 4.24. The highest BCUT2D eigenvalue weighted by Crippen LogP contribution is 2.29. The first-order chi connectivity index (χ1) is 8.62. The number of hydrogen-bond donors (Lipinski definition) is 1. The van der Waals surface area contributed by atoms with E-state index in [-0.39, 0.29) is 0 Å². The third kappa shape index (κ3) is 3.77. The third-order valence-corrected chi connectivity index (χ3v) is 3.00. The van der Waals surface area contributed by atoms with Gasteiger partial charge in [0.05, 0.1) is 13.7 Å². The molecule has 3 nitrogen and oxygen atoms in total. The van der Waals surface area contributed by atoms with Gasteiger partial charge in [0, 0.05) is 6.04 Å². The first-order valence-corrected chi connectivity index (χ1v) is 6.28. The second kappa shape index (κ2) is 7.07. The van der Waals surface area contributed by atoms with Crippen LogP contribution in [0.25, 0.3) is 6.08 Å². The Morgan fingerprint density at radius 1 is 1.39 bits per heavy atom. The highest BCUT2D eigenvalue weighted by Gasteiger charge is 2.05. The van der Waals surface area contributed by atoms with Crippen LogP contribution in [0.4, 0.5) is 0 Å². The van der Waals surface area contributed by atoms with Crippen molar-refractivity contribution in [2.24, 2.45) is 0 Å². The minimum atomic E-state index is 0.363. The molecule has 0 fully saturated rings. The molecule has 0 aliphatic heterocycles. The van der Waals surface area contributed by atoms with Crippen molar-refractivity contribution >= 4 is 6.08 Å². The van der Waals surface area contributed by atoms with E-state index in [2.05, 4.69) is 25.2 Å². The Balaban J connectivity index is 2.98. The Morgan fingerprint density at radius 3 is 2.67 bits per heavy atom. The molecule has 0 aliphatic carbocycles. The highest BCUT2D eigenvalue weighted by molar-refractivity contribution is 5.58. The maximum absolute atomic E-state index is 5.50. The number of rotatable bonds is 6. The van der Waals surface area contributed by atoms with Crippen molar-refractivity contribution in [2.75, 3.05) is 20.8 Å². The van der Waals surface area contributed by atoms with E-state index in [1.165, 1.54) is 5.57 Å². The van der Waals surface area contributed by atoms with E-state index in [9.17, 15) is 0 Å². The van der Waals surface area contributed by atoms with E-state index in [1.807, 2.05) is 32.2 Å². The molecule has 0 saturated carbocycles. The normalized spacial score (nSPS) is 13.3. The topological polar surface area (TPSA) is 30.5 Å². The SMILES string of the molecule is CCOc1ccc(/C=C(/C)C(C)NC)cc1OC. The van der Waals surface area contributed by atoms with E-state index in [0.717, 1.165) is 17.1 Å². The lowest BCUT2D eigenvalue weighted by Crippen LogP contribution is -2.21. The molecule has 0 aromatic heterocycles. The van der Waals surface area contributed by atoms with Crippen LogP contribution in [0.15, 0.2) is 23.8 Å². The largest absolute Gasteiger partial charge is 0.493 e. The molecule has 0 amide bonds. The van der Waals surface area contributed by atoms with Gasteiger partial charge in [0.1, 0.15) is 0 Å². The molecule has 100 valence electrons. The second-order valence-electron chi connectivity index (χ2n) is 4.24. The first kappa shape index (κ1) is 14.6. The molecule has 0 radical (unpaired) electrons. The molecule has 0 saturated heterocycles. The molecule has 1 rings (SSSR count). The minimum absolute atomic E-state index is 0.363. The van der Waals surface area contributed by atoms with Gasteiger partial charge in [-0.3, -0.25) is 0 Å². The predicted molar refractivity (Wildman–Crippen MR) is 76.3 cm³/mol. The maximum Gasteiger partial charge on any atom is 0.161 e. The summed E-state index contributed by atoms with van der Waals surface area (Å²) in [6.07, 6.45) is 2.15. The van der Waals surface area contributed by atoms with E-state index >= 15 is 0 Å². The summed E-state index contributed by atoms with van der Waals surface area (Å²) in [4.78, 5) is 0. The van der Waals surface area contributed by atoms with Crippen molar-refractivity contribution in [2.45, 2.75) is 26.8 Å². The molecule has 18 heavy (non-hydrogen) atoms. The van der Waals surface area contributed by atoms with Gasteiger partial charge < -0.3 is 14.8 Å². The summed E-state index contributed by atoms with van der Waals surface area (Å²) in [7, 11) is 3.62. The number of nitrogens with one attached hydrogen (secondary N) is 1. The van der Waals surface area contributed by atoms with Gasteiger partial charge in [0.15, 0.2) is 11.5 Å². The Labute approximate surface area is 110 Å². The lowest BCUT2D eigenvalue weighted by atomic mass is 10.1. The molecule has 1 unspecified atom stereocenters. The monoisotopic (exact) mass is 249 g/mol. The van der Waals surface area contributed by atoms with Gasteiger partial charge in [-0.15, -0.1) is 0 Å². The van der Waals surface area contributed by atoms with Gasteiger partial charge in [-0.05, 0) is 45.5 Å². The molecule has 0 heterocycles. The molecule has 1 aromatic carbocycles. The van der Waals surface area contributed by atoms with Gasteiger partial charge in [-0.1, -0.05) is 17.7 Å². The number of hydrogen-bond acceptors (Lipinski definition) is 3. The van der Waals surface area contributed by atoms with Gasteiger partial charge in [-0.2, -0.15) is 0 Å². The Kier molecular flexibility index (Phi) is 5.72. The molecule has 0 bridgehead atoms. The number of likely N-dealkylation sites (N-methyl/N-ethyl adjacent to an activating group) is 1. The van der Waals surface area contributed by atoms with Crippen molar-refractivity contribution < 1.29 is 9.47 Å². The summed E-state index contributed by atoms with van der Waals surface area (Å²) >= 11 is 0. The van der Waals surface area contributed by atoms with Crippen molar-refractivity contribution in [1.82, 2.24) is 5.32 Å². The summed E-state index contributed by atoms with van der Waals surface area (Å²) in [5.41, 5.74) is 2.40. The van der Waals surface area contributed by atoms with Crippen LogP contribution in [-0.2, 0) is 0 Å². The van der Waals surface area contributed by atoms with Crippen LogP contribution in [0, 0.1) is 0 Å². The van der Waals surface area contributed by atoms with Gasteiger partial charge >= 0.3 is 0 Å². The van der Waals surface area contributed by atoms with E-state index in [4.69, 9.17) is 9.47 Å². The molecule has 3 heteroatoms. The maximum atomic E-state index is 5.50. The zero-order chi connectivity index (χ0) is 13.5. The summed E-state index contributed by atoms with van der Waals surface area (Å²) in [6, 6.07) is 6.35. The lowest BCUT2D eigenvalue weighted by Gasteiger charge is -2.12. The molecule has 1 N–H and O–H groups in total. The van der Waals surface area contributed by atoms with Crippen LogP contribution in [0.5, 0.6) is 11.5 Å². The molecule has 1 aromatic rings. The lowest BCUT2D eigenvalue weighted by molar-refractivity contribution is 0.311. The van der Waals surface area contributed by atoms with Gasteiger partial charge in [0.2, 0.25) is 0 Å². The fourth-order valence-corrected chi connectivity index (χ4v) is 1.66. The van der Waals surface area contributed by atoms with Crippen LogP contribution < -0.4 is 14.8 Å². The third-order valence-electron chi connectivity index (χ3n) is 3.00. The summed E-state index contributed by atoms with van der Waals surface area (Å²) in [5.74, 6) is 1.56. The molecular weight excluding hydrogens is 226 g/mol. The summed E-state index contributed by atoms with van der Waals surface area (Å²) in [6.45, 7) is 6.86. The zero-order valence-electron chi connectivity index (χ0n) is 11.9. The Hall–Kier alpha value is -1.48. The van der Waals surface area contributed by atoms with E-state index in [1.54, 1.807) is 7.11 Å². The predicted octanol–water partition coefficient (Wildman–Crippen LogP) is 3.11. The smallest absolute Gasteiger partial charge is 0.161 e. The number of ether oxygens (including phenoxy) is 2. The Bertz CT molecular complexity index is 413. The standard InChI is InChI=1S/C15H23NO2/c1-6-18-14-8-7-13(10-15(14)17-5)9-11(2)12(3)16-4/h7-10,12,16H,6H2,1-5H3/b11-9-. The molecule has 1 atom stereocenters. The van der Waals surface area contributed by atoms with Gasteiger partial charge in [-0.25, -0.2) is 0 Å². The quantitative estimate of drug-likeness (QED) is 0.840. The average molecular weight is 249 g/mol. The van der Waals surface area contributed by atoms with Crippen LogP contribution in [-0.4, -0.2) is 26.8 Å². The van der Waals surface area contributed by atoms with Crippen molar-refractivity contribution in [3.8, 4) is 11.5 Å². The first-order valence-electron chi connectivity index (χ1n) is 6.28. The highest BCUT2D eigenvalue weighted by atomic mass is 16.5. The summed E-state index contributed by atoms with van der Waals surface area (Å²) in [5, 5.41) is 3.22.